The molecular formula is C10H21N3O3. The van der Waals surface area contributed by atoms with Gasteiger partial charge in [-0.25, -0.2) is 0 Å². The van der Waals surface area contributed by atoms with E-state index in [1.807, 2.05) is 6.92 Å². The topological polar surface area (TPSA) is 104 Å². The van der Waals surface area contributed by atoms with E-state index in [1.165, 1.54) is 0 Å². The average Bonchev–Trinajstić information content (AvgIpc) is 2.18. The Morgan fingerprint density at radius 1 is 1.50 bits per heavy atom. The number of amides is 1. The number of carboxylic acid groups (broad SMARTS) is 1. The zero-order valence-electron chi connectivity index (χ0n) is 10.0. The predicted molar refractivity (Wildman–Crippen MR) is 61.0 cm³/mol. The molecule has 6 heteroatoms. The average molecular weight is 231 g/mol. The molecule has 16 heavy (non-hydrogen) atoms. The van der Waals surface area contributed by atoms with Gasteiger partial charge in [0, 0.05) is 0 Å². The van der Waals surface area contributed by atoms with E-state index in [-0.39, 0.29) is 0 Å². The van der Waals surface area contributed by atoms with Gasteiger partial charge in [0.05, 0.1) is 6.04 Å². The molecule has 94 valence electrons. The van der Waals surface area contributed by atoms with Crippen LogP contribution in [0.25, 0.3) is 0 Å². The standard InChI is InChI=1S/C10H21N3O3/c1-4-13-10(2,9(15)16)6-5-7(12-3)8(11)14/h7,12-13H,4-6H2,1-3H3,(H2,11,14)(H,15,16). The molecule has 5 N–H and O–H groups in total. The molecule has 0 aliphatic rings. The van der Waals surface area contributed by atoms with Crippen LogP contribution in [0.4, 0.5) is 0 Å². The molecule has 2 unspecified atom stereocenters. The van der Waals surface area contributed by atoms with Crippen molar-refractivity contribution < 1.29 is 14.7 Å². The minimum absolute atomic E-state index is 0.338. The molecule has 0 heterocycles. The van der Waals surface area contributed by atoms with Gasteiger partial charge in [0.1, 0.15) is 5.54 Å². The molecule has 6 nitrogen and oxygen atoms in total. The van der Waals surface area contributed by atoms with Crippen LogP contribution in [0.15, 0.2) is 0 Å². The highest BCUT2D eigenvalue weighted by Gasteiger charge is 2.32. The molecule has 1 amide bonds. The van der Waals surface area contributed by atoms with Gasteiger partial charge in [0.25, 0.3) is 0 Å². The third-order valence-corrected chi connectivity index (χ3v) is 2.66. The molecule has 0 saturated carbocycles. The third-order valence-electron chi connectivity index (χ3n) is 2.66. The van der Waals surface area contributed by atoms with Crippen molar-refractivity contribution in [2.45, 2.75) is 38.3 Å². The van der Waals surface area contributed by atoms with Crippen molar-refractivity contribution in [2.24, 2.45) is 5.73 Å². The summed E-state index contributed by atoms with van der Waals surface area (Å²) in [4.78, 5) is 22.0. The normalized spacial score (nSPS) is 16.4. The number of primary amides is 1. The maximum atomic E-state index is 11.1. The first-order valence-corrected chi connectivity index (χ1v) is 5.32. The number of hydrogen-bond donors (Lipinski definition) is 4. The van der Waals surface area contributed by atoms with E-state index in [4.69, 9.17) is 10.8 Å². The summed E-state index contributed by atoms with van der Waals surface area (Å²) in [6.45, 7) is 4.00. The van der Waals surface area contributed by atoms with Gasteiger partial charge >= 0.3 is 5.97 Å². The van der Waals surface area contributed by atoms with Gasteiger partial charge < -0.3 is 21.5 Å². The zero-order chi connectivity index (χ0) is 12.8. The van der Waals surface area contributed by atoms with Gasteiger partial charge in [-0.2, -0.15) is 0 Å². The Kier molecular flexibility index (Phi) is 5.98. The molecule has 0 aromatic carbocycles. The van der Waals surface area contributed by atoms with Crippen molar-refractivity contribution in [3.63, 3.8) is 0 Å². The number of carboxylic acids is 1. The Morgan fingerprint density at radius 2 is 2.06 bits per heavy atom. The highest BCUT2D eigenvalue weighted by molar-refractivity contribution is 5.80. The fraction of sp³-hybridized carbons (Fsp3) is 0.800. The number of rotatable bonds is 8. The van der Waals surface area contributed by atoms with Gasteiger partial charge in [-0.1, -0.05) is 6.92 Å². The Balaban J connectivity index is 4.42. The molecule has 0 saturated heterocycles. The summed E-state index contributed by atoms with van der Waals surface area (Å²) >= 11 is 0. The number of nitrogens with two attached hydrogens (primary N) is 1. The first-order valence-electron chi connectivity index (χ1n) is 5.32. The fourth-order valence-corrected chi connectivity index (χ4v) is 1.52. The summed E-state index contributed by atoms with van der Waals surface area (Å²) in [6.07, 6.45) is 0.728. The molecule has 2 atom stereocenters. The van der Waals surface area contributed by atoms with Gasteiger partial charge in [-0.05, 0) is 33.4 Å². The molecule has 0 radical (unpaired) electrons. The Labute approximate surface area is 95.6 Å². The Morgan fingerprint density at radius 3 is 2.38 bits per heavy atom. The van der Waals surface area contributed by atoms with Crippen LogP contribution in [0.1, 0.15) is 26.7 Å². The summed E-state index contributed by atoms with van der Waals surface area (Å²) < 4.78 is 0. The lowest BCUT2D eigenvalue weighted by Crippen LogP contribution is -2.51. The van der Waals surface area contributed by atoms with Crippen molar-refractivity contribution >= 4 is 11.9 Å². The smallest absolute Gasteiger partial charge is 0.323 e. The van der Waals surface area contributed by atoms with E-state index >= 15 is 0 Å². The van der Waals surface area contributed by atoms with Gasteiger partial charge in [0.15, 0.2) is 0 Å². The molecule has 0 aromatic rings. The Hall–Kier alpha value is -1.14. The van der Waals surface area contributed by atoms with Crippen LogP contribution in [0.5, 0.6) is 0 Å². The lowest BCUT2D eigenvalue weighted by atomic mass is 9.93. The molecule has 0 fully saturated rings. The molecule has 0 aliphatic heterocycles. The van der Waals surface area contributed by atoms with Crippen LogP contribution < -0.4 is 16.4 Å². The van der Waals surface area contributed by atoms with E-state index in [0.29, 0.717) is 19.4 Å². The van der Waals surface area contributed by atoms with Gasteiger partial charge in [-0.15, -0.1) is 0 Å². The van der Waals surface area contributed by atoms with Crippen molar-refractivity contribution in [1.82, 2.24) is 10.6 Å². The quantitative estimate of drug-likeness (QED) is 0.442. The van der Waals surface area contributed by atoms with E-state index in [2.05, 4.69) is 10.6 Å². The molecule has 0 rings (SSSR count). The second-order valence-corrected chi connectivity index (χ2v) is 3.95. The number of hydrogen-bond acceptors (Lipinski definition) is 4. The number of carbonyl (C=O) groups excluding carboxylic acids is 1. The van der Waals surface area contributed by atoms with Crippen LogP contribution in [0, 0.1) is 0 Å². The molecule has 0 bridgehead atoms. The van der Waals surface area contributed by atoms with Crippen LogP contribution in [-0.2, 0) is 9.59 Å². The fourth-order valence-electron chi connectivity index (χ4n) is 1.52. The maximum absolute atomic E-state index is 11.1. The lowest BCUT2D eigenvalue weighted by molar-refractivity contribution is -0.144. The highest BCUT2D eigenvalue weighted by atomic mass is 16.4. The number of carbonyl (C=O) groups is 2. The summed E-state index contributed by atoms with van der Waals surface area (Å²) in [5.41, 5.74) is 4.14. The zero-order valence-corrected chi connectivity index (χ0v) is 10.0. The Bertz CT molecular complexity index is 258. The third kappa shape index (κ3) is 4.16. The van der Waals surface area contributed by atoms with E-state index < -0.39 is 23.5 Å². The minimum atomic E-state index is -1.01. The predicted octanol–water partition coefficient (Wildman–Crippen LogP) is -0.707. The summed E-state index contributed by atoms with van der Waals surface area (Å²) in [6, 6.07) is -0.489. The van der Waals surface area contributed by atoms with Crippen LogP contribution in [0.2, 0.25) is 0 Å². The number of likely N-dealkylation sites (N-methyl/N-ethyl adjacent to an activating group) is 2. The summed E-state index contributed by atoms with van der Waals surface area (Å²) in [5.74, 6) is -1.39. The molecule has 0 spiro atoms. The molecule has 0 aliphatic carbocycles. The SMILES string of the molecule is CCNC(C)(CCC(NC)C(N)=O)C(=O)O. The van der Waals surface area contributed by atoms with E-state index in [1.54, 1.807) is 14.0 Å². The van der Waals surface area contributed by atoms with Crippen LogP contribution in [0.3, 0.4) is 0 Å². The highest BCUT2D eigenvalue weighted by Crippen LogP contribution is 2.14. The summed E-state index contributed by atoms with van der Waals surface area (Å²) in [7, 11) is 1.63. The second-order valence-electron chi connectivity index (χ2n) is 3.95. The van der Waals surface area contributed by atoms with Crippen molar-refractivity contribution in [1.29, 1.82) is 0 Å². The van der Waals surface area contributed by atoms with Gasteiger partial charge in [-0.3, -0.25) is 9.59 Å². The van der Waals surface area contributed by atoms with Crippen molar-refractivity contribution in [3.8, 4) is 0 Å². The first kappa shape index (κ1) is 14.9. The second kappa shape index (κ2) is 6.44. The molecule has 0 aromatic heterocycles. The number of nitrogens with one attached hydrogen (secondary N) is 2. The van der Waals surface area contributed by atoms with E-state index in [0.717, 1.165) is 0 Å². The van der Waals surface area contributed by atoms with Gasteiger partial charge in [0.2, 0.25) is 5.91 Å². The minimum Gasteiger partial charge on any atom is -0.480 e. The number of aliphatic carboxylic acids is 1. The molecular weight excluding hydrogens is 210 g/mol. The first-order chi connectivity index (χ1) is 7.37. The van der Waals surface area contributed by atoms with Crippen molar-refractivity contribution in [2.75, 3.05) is 13.6 Å². The summed E-state index contributed by atoms with van der Waals surface area (Å²) in [5, 5.41) is 14.7. The van der Waals surface area contributed by atoms with E-state index in [9.17, 15) is 9.59 Å². The van der Waals surface area contributed by atoms with Crippen LogP contribution in [-0.4, -0.2) is 42.2 Å². The van der Waals surface area contributed by atoms with Crippen molar-refractivity contribution in [3.05, 3.63) is 0 Å². The lowest BCUT2D eigenvalue weighted by Gasteiger charge is -2.27. The van der Waals surface area contributed by atoms with Crippen LogP contribution >= 0.6 is 0 Å². The maximum Gasteiger partial charge on any atom is 0.323 e. The monoisotopic (exact) mass is 231 g/mol. The largest absolute Gasteiger partial charge is 0.480 e.